The van der Waals surface area contributed by atoms with E-state index in [2.05, 4.69) is 45.3 Å². The number of nitrogens with zero attached hydrogens (tertiary/aromatic N) is 2. The Morgan fingerprint density at radius 1 is 1.26 bits per heavy atom. The van der Waals surface area contributed by atoms with E-state index in [0.29, 0.717) is 6.54 Å². The molecule has 0 amide bonds. The molecule has 1 aliphatic rings. The number of aromatic nitrogens is 2. The van der Waals surface area contributed by atoms with Crippen LogP contribution in [-0.2, 0) is 0 Å². The average molecular weight is 249 g/mol. The molecule has 2 aromatic rings. The van der Waals surface area contributed by atoms with Crippen LogP contribution in [0.3, 0.4) is 0 Å². The number of H-pyrrole nitrogens is 1. The van der Waals surface area contributed by atoms with Gasteiger partial charge in [-0.2, -0.15) is 0 Å². The molecule has 0 unspecified atom stereocenters. The number of para-hydroxylation sites is 2. The lowest BCUT2D eigenvalue weighted by atomic mass is 10.2. The van der Waals surface area contributed by atoms with E-state index in [-0.39, 0.29) is 0 Å². The normalized spacial score (nSPS) is 15.1. The molecule has 0 radical (unpaired) electrons. The first-order valence-electron chi connectivity index (χ1n) is 6.39. The second kappa shape index (κ2) is 5.48. The Morgan fingerprint density at radius 3 is 3.16 bits per heavy atom. The minimum atomic E-state index is 0.678. The summed E-state index contributed by atoms with van der Waals surface area (Å²) in [5.41, 5.74) is 3.22. The summed E-state index contributed by atoms with van der Waals surface area (Å²) in [6, 6.07) is 7.98. The van der Waals surface area contributed by atoms with Gasteiger partial charge in [0.25, 0.3) is 0 Å². The van der Waals surface area contributed by atoms with Gasteiger partial charge >= 0.3 is 0 Å². The third-order valence-corrected chi connectivity index (χ3v) is 2.95. The van der Waals surface area contributed by atoms with Gasteiger partial charge in [-0.15, -0.1) is 0 Å². The first-order valence-corrected chi connectivity index (χ1v) is 6.39. The van der Waals surface area contributed by atoms with Crippen LogP contribution in [0.4, 0.5) is 0 Å². The molecule has 3 nitrogen and oxygen atoms in total. The third kappa shape index (κ3) is 2.88. The third-order valence-electron chi connectivity index (χ3n) is 2.95. The van der Waals surface area contributed by atoms with Gasteiger partial charge in [-0.05, 0) is 24.1 Å². The van der Waals surface area contributed by atoms with Crippen LogP contribution >= 0.6 is 0 Å². The van der Waals surface area contributed by atoms with Crippen LogP contribution in [0.5, 0.6) is 0 Å². The van der Waals surface area contributed by atoms with Crippen molar-refractivity contribution in [2.75, 3.05) is 6.54 Å². The van der Waals surface area contributed by atoms with Crippen molar-refractivity contribution in [3.8, 4) is 0 Å². The Bertz CT molecular complexity index is 654. The second-order valence-corrected chi connectivity index (χ2v) is 4.42. The van der Waals surface area contributed by atoms with E-state index >= 15 is 0 Å². The van der Waals surface area contributed by atoms with Crippen LogP contribution in [0.25, 0.3) is 11.0 Å². The summed E-state index contributed by atoms with van der Waals surface area (Å²) in [4.78, 5) is 12.1. The van der Waals surface area contributed by atoms with Crippen LogP contribution in [0, 0.1) is 0 Å². The highest BCUT2D eigenvalue weighted by Gasteiger charge is 1.98. The second-order valence-electron chi connectivity index (χ2n) is 4.42. The Kier molecular flexibility index (Phi) is 3.36. The average Bonchev–Trinajstić information content (AvgIpc) is 2.66. The predicted molar refractivity (Wildman–Crippen MR) is 79.5 cm³/mol. The van der Waals surface area contributed by atoms with Gasteiger partial charge in [-0.25, -0.2) is 4.98 Å². The molecule has 0 atom stereocenters. The van der Waals surface area contributed by atoms with Gasteiger partial charge in [0.1, 0.15) is 5.82 Å². The molecule has 1 aromatic carbocycles. The van der Waals surface area contributed by atoms with Crippen molar-refractivity contribution in [2.45, 2.75) is 6.42 Å². The molecule has 0 aliphatic heterocycles. The molecule has 19 heavy (non-hydrogen) atoms. The first-order chi connectivity index (χ1) is 9.42. The molecule has 1 aromatic heterocycles. The largest absolute Gasteiger partial charge is 0.337 e. The summed E-state index contributed by atoms with van der Waals surface area (Å²) in [6.45, 7) is 0.678. The Morgan fingerprint density at radius 2 is 2.21 bits per heavy atom. The van der Waals surface area contributed by atoms with Gasteiger partial charge in [0.05, 0.1) is 23.8 Å². The van der Waals surface area contributed by atoms with E-state index in [0.717, 1.165) is 23.3 Å². The summed E-state index contributed by atoms with van der Waals surface area (Å²) in [5.74, 6) is 0.801. The molecule has 94 valence electrons. The number of fused-ring (bicyclic) bond motifs is 1. The molecular weight excluding hydrogens is 234 g/mol. The van der Waals surface area contributed by atoms with Crippen LogP contribution in [0.1, 0.15) is 12.2 Å². The number of nitrogens with one attached hydrogen (secondary N) is 1. The first kappa shape index (κ1) is 11.7. The number of benzene rings is 1. The maximum absolute atomic E-state index is 4.46. The minimum Gasteiger partial charge on any atom is -0.337 e. The van der Waals surface area contributed by atoms with Crippen molar-refractivity contribution in [1.29, 1.82) is 0 Å². The standard InChI is InChI=1S/C16H15N3/c1-2-4-8-13(7-3-1)11-17-12-16-18-14-9-5-6-10-15(14)19-16/h1,3-10,12H,2,11H2,(H,18,19). The smallest absolute Gasteiger partial charge is 0.149 e. The maximum atomic E-state index is 4.46. The predicted octanol–water partition coefficient (Wildman–Crippen LogP) is 3.42. The van der Waals surface area contributed by atoms with Crippen molar-refractivity contribution < 1.29 is 0 Å². The molecule has 0 fully saturated rings. The van der Waals surface area contributed by atoms with Crippen molar-refractivity contribution in [2.24, 2.45) is 4.99 Å². The molecule has 3 rings (SSSR count). The summed E-state index contributed by atoms with van der Waals surface area (Å²) in [7, 11) is 0. The quantitative estimate of drug-likeness (QED) is 0.832. The van der Waals surface area contributed by atoms with Crippen molar-refractivity contribution in [3.63, 3.8) is 0 Å². The zero-order chi connectivity index (χ0) is 12.9. The van der Waals surface area contributed by atoms with Crippen LogP contribution < -0.4 is 0 Å². The van der Waals surface area contributed by atoms with E-state index in [1.165, 1.54) is 5.57 Å². The van der Waals surface area contributed by atoms with E-state index in [4.69, 9.17) is 0 Å². The lowest BCUT2D eigenvalue weighted by molar-refractivity contribution is 1.17. The Balaban J connectivity index is 1.72. The van der Waals surface area contributed by atoms with Crippen molar-refractivity contribution in [1.82, 2.24) is 9.97 Å². The summed E-state index contributed by atoms with van der Waals surface area (Å²) < 4.78 is 0. The fraction of sp³-hybridized carbons (Fsp3) is 0.125. The lowest BCUT2D eigenvalue weighted by Crippen LogP contribution is -1.88. The number of rotatable bonds is 3. The fourth-order valence-electron chi connectivity index (χ4n) is 2.00. The highest BCUT2D eigenvalue weighted by atomic mass is 14.9. The van der Waals surface area contributed by atoms with Gasteiger partial charge in [0, 0.05) is 0 Å². The molecule has 0 bridgehead atoms. The molecule has 1 N–H and O–H groups in total. The van der Waals surface area contributed by atoms with Crippen LogP contribution in [0.15, 0.2) is 65.2 Å². The number of aromatic amines is 1. The molecule has 0 saturated heterocycles. The van der Waals surface area contributed by atoms with E-state index in [1.54, 1.807) is 6.21 Å². The monoisotopic (exact) mass is 249 g/mol. The Hall–Kier alpha value is -2.42. The van der Waals surface area contributed by atoms with Crippen LogP contribution in [-0.4, -0.2) is 22.7 Å². The van der Waals surface area contributed by atoms with Gasteiger partial charge in [-0.3, -0.25) is 4.99 Å². The molecular formula is C16H15N3. The van der Waals surface area contributed by atoms with E-state index in [1.807, 2.05) is 24.3 Å². The lowest BCUT2D eigenvalue weighted by Gasteiger charge is -1.93. The van der Waals surface area contributed by atoms with E-state index < -0.39 is 0 Å². The van der Waals surface area contributed by atoms with Gasteiger partial charge in [0.2, 0.25) is 0 Å². The van der Waals surface area contributed by atoms with Crippen molar-refractivity contribution in [3.05, 3.63) is 66.0 Å². The van der Waals surface area contributed by atoms with E-state index in [9.17, 15) is 0 Å². The SMILES string of the molecule is C1=CCC=CC(CN=Cc2nc3ccccc3[nH]2)=C1. The summed E-state index contributed by atoms with van der Waals surface area (Å²) >= 11 is 0. The molecule has 0 spiro atoms. The summed E-state index contributed by atoms with van der Waals surface area (Å²) in [5, 5.41) is 0. The zero-order valence-electron chi connectivity index (χ0n) is 10.6. The van der Waals surface area contributed by atoms with Gasteiger partial charge < -0.3 is 4.98 Å². The fourth-order valence-corrected chi connectivity index (χ4v) is 2.00. The number of hydrogen-bond acceptors (Lipinski definition) is 2. The number of imidazole rings is 1. The number of aliphatic imine (C=N–C) groups is 1. The number of allylic oxidation sites excluding steroid dienone is 4. The number of hydrogen-bond donors (Lipinski definition) is 1. The minimum absolute atomic E-state index is 0.678. The zero-order valence-corrected chi connectivity index (χ0v) is 10.6. The molecule has 1 aliphatic carbocycles. The van der Waals surface area contributed by atoms with Crippen LogP contribution in [0.2, 0.25) is 0 Å². The summed E-state index contributed by atoms with van der Waals surface area (Å²) in [6.07, 6.45) is 13.4. The molecule has 3 heteroatoms. The highest BCUT2D eigenvalue weighted by molar-refractivity contribution is 5.83. The topological polar surface area (TPSA) is 41.0 Å². The molecule has 0 saturated carbocycles. The van der Waals surface area contributed by atoms with Crippen molar-refractivity contribution >= 4 is 17.2 Å². The molecule has 1 heterocycles. The maximum Gasteiger partial charge on any atom is 0.149 e. The van der Waals surface area contributed by atoms with Gasteiger partial charge in [-0.1, -0.05) is 42.5 Å². The highest BCUT2D eigenvalue weighted by Crippen LogP contribution is 2.09. The van der Waals surface area contributed by atoms with Gasteiger partial charge in [0.15, 0.2) is 0 Å². The Labute approximate surface area is 112 Å².